The normalized spacial score (nSPS) is 10.9. The van der Waals surface area contributed by atoms with Gasteiger partial charge in [-0.25, -0.2) is 0 Å². The van der Waals surface area contributed by atoms with Crippen molar-refractivity contribution in [3.63, 3.8) is 0 Å². The predicted molar refractivity (Wildman–Crippen MR) is 67.6 cm³/mol. The van der Waals surface area contributed by atoms with Crippen LogP contribution in [-0.2, 0) is 0 Å². The molecule has 0 atom stereocenters. The number of hydrogen-bond donors (Lipinski definition) is 2. The molecule has 1 aromatic carbocycles. The molecule has 0 saturated carbocycles. The van der Waals surface area contributed by atoms with E-state index < -0.39 is 40.2 Å². The Labute approximate surface area is 122 Å². The van der Waals surface area contributed by atoms with Crippen LogP contribution in [0.5, 0.6) is 5.75 Å². The molecule has 0 heterocycles. The maximum absolute atomic E-state index is 12.2. The molecular weight excluding hydrogens is 365 g/mol. The van der Waals surface area contributed by atoms with Gasteiger partial charge in [0.25, 0.3) is 11.6 Å². The Hall–Kier alpha value is -2.37. The summed E-state index contributed by atoms with van der Waals surface area (Å²) in [4.78, 5) is 24.5. The monoisotopic (exact) mass is 370 g/mol. The first-order valence-corrected chi connectivity index (χ1v) is 5.68. The van der Waals surface area contributed by atoms with Gasteiger partial charge in [0.15, 0.2) is 5.96 Å². The molecule has 0 aliphatic rings. The molecule has 0 aliphatic carbocycles. The number of benzene rings is 1. The summed E-state index contributed by atoms with van der Waals surface area (Å²) in [5.74, 6) is -2.82. The summed E-state index contributed by atoms with van der Waals surface area (Å²) in [5.41, 5.74) is 8.35. The van der Waals surface area contributed by atoms with Crippen LogP contribution in [0.2, 0.25) is 0 Å². The zero-order valence-electron chi connectivity index (χ0n) is 9.85. The second kappa shape index (κ2) is 5.95. The summed E-state index contributed by atoms with van der Waals surface area (Å²) in [5, 5.41) is 10.8. The highest BCUT2D eigenvalue weighted by atomic mass is 79.9. The average molecular weight is 371 g/mol. The van der Waals surface area contributed by atoms with Gasteiger partial charge in [-0.15, -0.1) is 13.2 Å². The minimum atomic E-state index is -5.05. The number of ether oxygens (including phenoxy) is 1. The van der Waals surface area contributed by atoms with Crippen molar-refractivity contribution in [2.75, 3.05) is 0 Å². The third-order valence-electron chi connectivity index (χ3n) is 1.93. The van der Waals surface area contributed by atoms with Crippen LogP contribution >= 0.6 is 15.9 Å². The molecule has 12 heteroatoms. The molecule has 0 saturated heterocycles. The van der Waals surface area contributed by atoms with Crippen LogP contribution in [0.15, 0.2) is 21.6 Å². The fourth-order valence-electron chi connectivity index (χ4n) is 1.25. The number of amides is 1. The van der Waals surface area contributed by atoms with E-state index in [1.54, 1.807) is 0 Å². The maximum atomic E-state index is 12.2. The molecule has 1 aromatic rings. The third-order valence-corrected chi connectivity index (χ3v) is 2.55. The summed E-state index contributed by atoms with van der Waals surface area (Å²) >= 11 is 2.68. The summed E-state index contributed by atoms with van der Waals surface area (Å²) < 4.78 is 39.8. The molecule has 0 radical (unpaired) electrons. The van der Waals surface area contributed by atoms with Crippen molar-refractivity contribution in [3.8, 4) is 5.75 Å². The summed E-state index contributed by atoms with van der Waals surface area (Å²) in [6.45, 7) is 0. The zero-order chi connectivity index (χ0) is 16.4. The Morgan fingerprint density at radius 2 is 1.95 bits per heavy atom. The lowest BCUT2D eigenvalue weighted by atomic mass is 10.1. The second-order valence-corrected chi connectivity index (χ2v) is 4.30. The highest BCUT2D eigenvalue weighted by Gasteiger charge is 2.34. The zero-order valence-corrected chi connectivity index (χ0v) is 11.4. The number of guanidine groups is 1. The minimum Gasteiger partial charge on any atom is -0.405 e. The van der Waals surface area contributed by atoms with Gasteiger partial charge >= 0.3 is 6.36 Å². The molecule has 0 aliphatic heterocycles. The smallest absolute Gasteiger partial charge is 0.405 e. The molecule has 114 valence electrons. The van der Waals surface area contributed by atoms with E-state index in [9.17, 15) is 28.1 Å². The van der Waals surface area contributed by atoms with Crippen LogP contribution in [0, 0.1) is 10.1 Å². The Bertz CT molecular complexity index is 628. The predicted octanol–water partition coefficient (Wildman–Crippen LogP) is 1.67. The molecule has 0 bridgehead atoms. The van der Waals surface area contributed by atoms with E-state index in [1.807, 2.05) is 0 Å². The molecule has 8 nitrogen and oxygen atoms in total. The van der Waals surface area contributed by atoms with Gasteiger partial charge in [0.05, 0.1) is 9.40 Å². The van der Waals surface area contributed by atoms with E-state index in [4.69, 9.17) is 11.5 Å². The standard InChI is InChI=1S/C9H6BrF3N4O4/c10-4-2-5(17(19)20)3(7(18)16-8(14)15)1-6(4)21-9(11,12)13/h1-2H,(H4,14,15,16,18). The number of hydrogen-bond acceptors (Lipinski definition) is 4. The number of carbonyl (C=O) groups is 1. The van der Waals surface area contributed by atoms with Crippen molar-refractivity contribution >= 4 is 33.5 Å². The van der Waals surface area contributed by atoms with E-state index in [-0.39, 0.29) is 4.47 Å². The van der Waals surface area contributed by atoms with Gasteiger partial charge in [-0.05, 0) is 15.9 Å². The molecule has 4 N–H and O–H groups in total. The number of carbonyl (C=O) groups excluding carboxylic acids is 1. The van der Waals surface area contributed by atoms with Crippen molar-refractivity contribution in [3.05, 3.63) is 32.3 Å². The van der Waals surface area contributed by atoms with Crippen molar-refractivity contribution in [1.29, 1.82) is 0 Å². The van der Waals surface area contributed by atoms with Gasteiger partial charge in [-0.3, -0.25) is 14.9 Å². The van der Waals surface area contributed by atoms with Crippen molar-refractivity contribution in [1.82, 2.24) is 0 Å². The van der Waals surface area contributed by atoms with Crippen molar-refractivity contribution in [2.45, 2.75) is 6.36 Å². The number of nitrogens with two attached hydrogens (primary N) is 2. The largest absolute Gasteiger partial charge is 0.573 e. The van der Waals surface area contributed by atoms with Crippen molar-refractivity contribution in [2.24, 2.45) is 16.5 Å². The van der Waals surface area contributed by atoms with Gasteiger partial charge < -0.3 is 16.2 Å². The van der Waals surface area contributed by atoms with Crippen molar-refractivity contribution < 1.29 is 27.6 Å². The lowest BCUT2D eigenvalue weighted by molar-refractivity contribution is -0.385. The Morgan fingerprint density at radius 3 is 2.38 bits per heavy atom. The van der Waals surface area contributed by atoms with Crippen LogP contribution < -0.4 is 16.2 Å². The van der Waals surface area contributed by atoms with E-state index in [0.717, 1.165) is 0 Å². The number of nitrogens with zero attached hydrogens (tertiary/aromatic N) is 2. The Balaban J connectivity index is 3.44. The summed E-state index contributed by atoms with van der Waals surface area (Å²) in [6.07, 6.45) is -5.05. The Morgan fingerprint density at radius 1 is 1.38 bits per heavy atom. The first-order valence-electron chi connectivity index (χ1n) is 4.89. The van der Waals surface area contributed by atoms with Gasteiger partial charge in [0.2, 0.25) is 0 Å². The number of alkyl halides is 3. The molecule has 0 unspecified atom stereocenters. The second-order valence-electron chi connectivity index (χ2n) is 3.45. The SMILES string of the molecule is NC(N)=NC(=O)c1cc(OC(F)(F)F)c(Br)cc1[N+](=O)[O-]. The lowest BCUT2D eigenvalue weighted by Gasteiger charge is -2.11. The average Bonchev–Trinajstić information content (AvgIpc) is 2.28. The molecule has 0 spiro atoms. The maximum Gasteiger partial charge on any atom is 0.573 e. The fourth-order valence-corrected chi connectivity index (χ4v) is 1.66. The number of nitro groups is 1. The van der Waals surface area contributed by atoms with Crippen LogP contribution in [0.1, 0.15) is 10.4 Å². The fraction of sp³-hybridized carbons (Fsp3) is 0.111. The van der Waals surface area contributed by atoms with Gasteiger partial charge in [0, 0.05) is 12.1 Å². The third kappa shape index (κ3) is 4.59. The number of rotatable bonds is 3. The van der Waals surface area contributed by atoms with Gasteiger partial charge in [0.1, 0.15) is 11.3 Å². The number of aliphatic imine (C=N–C) groups is 1. The quantitative estimate of drug-likeness (QED) is 0.359. The molecule has 0 aromatic heterocycles. The molecule has 1 amide bonds. The topological polar surface area (TPSA) is 134 Å². The summed E-state index contributed by atoms with van der Waals surface area (Å²) in [6, 6.07) is 1.20. The van der Waals surface area contributed by atoms with Crippen LogP contribution in [0.4, 0.5) is 18.9 Å². The highest BCUT2D eigenvalue weighted by molar-refractivity contribution is 9.10. The van der Waals surface area contributed by atoms with Crippen LogP contribution in [0.25, 0.3) is 0 Å². The molecular formula is C9H6BrF3N4O4. The number of halogens is 4. The van der Waals surface area contributed by atoms with Gasteiger partial charge in [-0.1, -0.05) is 0 Å². The van der Waals surface area contributed by atoms with E-state index in [1.165, 1.54) is 0 Å². The minimum absolute atomic E-state index is 0.368. The Kier molecular flexibility index (Phi) is 4.73. The molecule has 0 fully saturated rings. The lowest BCUT2D eigenvalue weighted by Crippen LogP contribution is -2.24. The first kappa shape index (κ1) is 16.7. The number of nitro benzene ring substituents is 1. The van der Waals surface area contributed by atoms with E-state index in [0.29, 0.717) is 12.1 Å². The van der Waals surface area contributed by atoms with Crippen LogP contribution in [0.3, 0.4) is 0 Å². The first-order chi connectivity index (χ1) is 9.51. The highest BCUT2D eigenvalue weighted by Crippen LogP contribution is 2.36. The van der Waals surface area contributed by atoms with E-state index >= 15 is 0 Å². The molecule has 21 heavy (non-hydrogen) atoms. The van der Waals surface area contributed by atoms with Crippen LogP contribution in [-0.4, -0.2) is 23.2 Å². The molecule has 1 rings (SSSR count). The van der Waals surface area contributed by atoms with E-state index in [2.05, 4.69) is 25.7 Å². The van der Waals surface area contributed by atoms with Gasteiger partial charge in [-0.2, -0.15) is 4.99 Å². The summed E-state index contributed by atoms with van der Waals surface area (Å²) in [7, 11) is 0.